The van der Waals surface area contributed by atoms with E-state index in [1.165, 1.54) is 18.9 Å². The molecule has 5 heteroatoms. The smallest absolute Gasteiger partial charge is 0.317 e. The molecule has 1 aliphatic heterocycles. The summed E-state index contributed by atoms with van der Waals surface area (Å²) < 4.78 is 13.6. The summed E-state index contributed by atoms with van der Waals surface area (Å²) in [4.78, 5) is 15.5. The number of rotatable bonds is 2. The van der Waals surface area contributed by atoms with Gasteiger partial charge in [0.05, 0.1) is 6.04 Å². The van der Waals surface area contributed by atoms with Crippen molar-refractivity contribution < 1.29 is 9.18 Å². The molecular weight excluding hydrogens is 311 g/mol. The van der Waals surface area contributed by atoms with Crippen molar-refractivity contribution in [3.05, 3.63) is 29.6 Å². The summed E-state index contributed by atoms with van der Waals surface area (Å²) in [6.45, 7) is 2.28. The van der Waals surface area contributed by atoms with E-state index in [2.05, 4.69) is 12.2 Å². The van der Waals surface area contributed by atoms with Gasteiger partial charge in [0.2, 0.25) is 0 Å². The van der Waals surface area contributed by atoms with E-state index in [1.54, 1.807) is 17.8 Å². The second kappa shape index (κ2) is 7.12. The number of hydrogen-bond acceptors (Lipinski definition) is 2. The van der Waals surface area contributed by atoms with Gasteiger partial charge >= 0.3 is 6.03 Å². The molecule has 0 bridgehead atoms. The Kier molecular flexibility index (Phi) is 5.14. The molecule has 2 amide bonds. The van der Waals surface area contributed by atoms with Crippen LogP contribution in [0, 0.1) is 11.7 Å². The van der Waals surface area contributed by atoms with E-state index < -0.39 is 0 Å². The van der Waals surface area contributed by atoms with Gasteiger partial charge in [-0.25, -0.2) is 9.18 Å². The minimum atomic E-state index is -0.236. The van der Waals surface area contributed by atoms with Gasteiger partial charge in [0.15, 0.2) is 0 Å². The number of fused-ring (bicyclic) bond motifs is 1. The van der Waals surface area contributed by atoms with Gasteiger partial charge in [-0.15, -0.1) is 11.8 Å². The summed E-state index contributed by atoms with van der Waals surface area (Å²) in [6, 6.07) is 5.09. The van der Waals surface area contributed by atoms with E-state index in [4.69, 9.17) is 0 Å². The van der Waals surface area contributed by atoms with Crippen molar-refractivity contribution in [1.82, 2.24) is 10.2 Å². The van der Waals surface area contributed by atoms with Gasteiger partial charge in [-0.2, -0.15) is 0 Å². The summed E-state index contributed by atoms with van der Waals surface area (Å²) in [7, 11) is 1.89. The molecule has 1 aliphatic carbocycles. The van der Waals surface area contributed by atoms with Crippen LogP contribution in [0.25, 0.3) is 0 Å². The van der Waals surface area contributed by atoms with Crippen LogP contribution in [0.1, 0.15) is 50.6 Å². The molecule has 1 aromatic carbocycles. The first-order chi connectivity index (χ1) is 11.0. The molecule has 0 aromatic heterocycles. The molecule has 126 valence electrons. The van der Waals surface area contributed by atoms with Gasteiger partial charge in [-0.1, -0.05) is 6.92 Å². The lowest BCUT2D eigenvalue weighted by Crippen LogP contribution is -2.46. The fourth-order valence-electron chi connectivity index (χ4n) is 3.56. The predicted molar refractivity (Wildman–Crippen MR) is 92.2 cm³/mol. The lowest BCUT2D eigenvalue weighted by Gasteiger charge is -2.35. The third-order valence-electron chi connectivity index (χ3n) is 5.16. The van der Waals surface area contributed by atoms with Crippen molar-refractivity contribution >= 4 is 17.8 Å². The minimum Gasteiger partial charge on any atom is -0.331 e. The average molecular weight is 336 g/mol. The Morgan fingerprint density at radius 1 is 1.26 bits per heavy atom. The summed E-state index contributed by atoms with van der Waals surface area (Å²) in [5.74, 6) is 1.49. The molecule has 1 fully saturated rings. The first-order valence-corrected chi connectivity index (χ1v) is 9.48. The third kappa shape index (κ3) is 3.82. The van der Waals surface area contributed by atoms with Crippen molar-refractivity contribution in [1.29, 1.82) is 0 Å². The van der Waals surface area contributed by atoms with Crippen LogP contribution in [-0.4, -0.2) is 29.8 Å². The number of nitrogens with zero attached hydrogens (tertiary/aromatic N) is 1. The molecule has 1 heterocycles. The summed E-state index contributed by atoms with van der Waals surface area (Å²) in [6.07, 6.45) is 5.39. The van der Waals surface area contributed by atoms with Crippen molar-refractivity contribution in [2.45, 2.75) is 56.0 Å². The van der Waals surface area contributed by atoms with Crippen molar-refractivity contribution in [2.24, 2.45) is 5.92 Å². The maximum absolute atomic E-state index is 13.6. The number of amides is 2. The maximum Gasteiger partial charge on any atom is 0.317 e. The Balaban J connectivity index is 1.65. The molecule has 1 atom stereocenters. The maximum atomic E-state index is 13.6. The molecule has 0 saturated heterocycles. The van der Waals surface area contributed by atoms with E-state index >= 15 is 0 Å². The van der Waals surface area contributed by atoms with E-state index in [1.807, 2.05) is 18.0 Å². The fourth-order valence-corrected chi connectivity index (χ4v) is 4.67. The largest absolute Gasteiger partial charge is 0.331 e. The highest BCUT2D eigenvalue weighted by atomic mass is 32.2. The van der Waals surface area contributed by atoms with Crippen LogP contribution in [0.15, 0.2) is 23.1 Å². The first-order valence-electron chi connectivity index (χ1n) is 8.50. The molecule has 1 saturated carbocycles. The molecular formula is C18H25FN2OS. The minimum absolute atomic E-state index is 0.0309. The topological polar surface area (TPSA) is 32.3 Å². The van der Waals surface area contributed by atoms with Gasteiger partial charge in [0.25, 0.3) is 0 Å². The van der Waals surface area contributed by atoms with Crippen molar-refractivity contribution in [3.8, 4) is 0 Å². The van der Waals surface area contributed by atoms with Crippen LogP contribution in [0.5, 0.6) is 0 Å². The van der Waals surface area contributed by atoms with E-state index in [0.717, 1.165) is 41.4 Å². The standard InChI is InChI=1S/C18H25FN2OS/c1-12-3-6-14(7-4-12)21(2)18(22)20-16-9-10-23-17-8-5-13(19)11-15(16)17/h5,8,11-12,14,16H,3-4,6-7,9-10H2,1-2H3,(H,20,22). The van der Waals surface area contributed by atoms with Gasteiger partial charge in [-0.3, -0.25) is 0 Å². The Morgan fingerprint density at radius 3 is 2.74 bits per heavy atom. The molecule has 3 nitrogen and oxygen atoms in total. The van der Waals surface area contributed by atoms with Gasteiger partial charge < -0.3 is 10.2 Å². The summed E-state index contributed by atoms with van der Waals surface area (Å²) in [5.41, 5.74) is 0.917. The molecule has 1 aromatic rings. The Morgan fingerprint density at radius 2 is 2.00 bits per heavy atom. The highest BCUT2D eigenvalue weighted by Crippen LogP contribution is 2.36. The lowest BCUT2D eigenvalue weighted by atomic mass is 9.87. The zero-order valence-electron chi connectivity index (χ0n) is 13.8. The number of nitrogens with one attached hydrogen (secondary N) is 1. The molecule has 0 radical (unpaired) electrons. The molecule has 2 aliphatic rings. The van der Waals surface area contributed by atoms with E-state index in [-0.39, 0.29) is 17.9 Å². The number of thioether (sulfide) groups is 1. The average Bonchev–Trinajstić information content (AvgIpc) is 2.55. The third-order valence-corrected chi connectivity index (χ3v) is 6.29. The Bertz CT molecular complexity index is 572. The Labute approximate surface area is 142 Å². The Hall–Kier alpha value is -1.23. The van der Waals surface area contributed by atoms with Crippen LogP contribution in [0.4, 0.5) is 9.18 Å². The highest BCUT2D eigenvalue weighted by molar-refractivity contribution is 7.99. The lowest BCUT2D eigenvalue weighted by molar-refractivity contribution is 0.160. The zero-order valence-corrected chi connectivity index (χ0v) is 14.7. The quantitative estimate of drug-likeness (QED) is 0.857. The zero-order chi connectivity index (χ0) is 16.4. The fraction of sp³-hybridized carbons (Fsp3) is 0.611. The van der Waals surface area contributed by atoms with Gasteiger partial charge in [-0.05, 0) is 61.8 Å². The van der Waals surface area contributed by atoms with Gasteiger partial charge in [0, 0.05) is 23.7 Å². The van der Waals surface area contributed by atoms with Crippen LogP contribution >= 0.6 is 11.8 Å². The second-order valence-corrected chi connectivity index (χ2v) is 7.98. The molecule has 3 rings (SSSR count). The van der Waals surface area contributed by atoms with Crippen LogP contribution in [0.3, 0.4) is 0 Å². The summed E-state index contributed by atoms with van der Waals surface area (Å²) in [5, 5.41) is 3.12. The van der Waals surface area contributed by atoms with E-state index in [0.29, 0.717) is 6.04 Å². The van der Waals surface area contributed by atoms with Crippen LogP contribution < -0.4 is 5.32 Å². The van der Waals surface area contributed by atoms with Crippen LogP contribution in [-0.2, 0) is 0 Å². The number of carbonyl (C=O) groups excluding carboxylic acids is 1. The van der Waals surface area contributed by atoms with Crippen molar-refractivity contribution in [3.63, 3.8) is 0 Å². The molecule has 23 heavy (non-hydrogen) atoms. The number of urea groups is 1. The second-order valence-electron chi connectivity index (χ2n) is 6.85. The molecule has 1 unspecified atom stereocenters. The number of benzene rings is 1. The van der Waals surface area contributed by atoms with Crippen molar-refractivity contribution in [2.75, 3.05) is 12.8 Å². The number of carbonyl (C=O) groups is 1. The SMILES string of the molecule is CC1CCC(N(C)C(=O)NC2CCSc3ccc(F)cc32)CC1. The van der Waals surface area contributed by atoms with Crippen LogP contribution in [0.2, 0.25) is 0 Å². The van der Waals surface area contributed by atoms with E-state index in [9.17, 15) is 9.18 Å². The van der Waals surface area contributed by atoms with Gasteiger partial charge in [0.1, 0.15) is 5.82 Å². The first kappa shape index (κ1) is 16.6. The highest BCUT2D eigenvalue weighted by Gasteiger charge is 2.28. The number of halogens is 1. The molecule has 0 spiro atoms. The summed E-state index contributed by atoms with van der Waals surface area (Å²) >= 11 is 1.73. The monoisotopic (exact) mass is 336 g/mol. The normalized spacial score (nSPS) is 27.2. The predicted octanol–water partition coefficient (Wildman–Crippen LogP) is 4.58. The number of hydrogen-bond donors (Lipinski definition) is 1. The molecule has 1 N–H and O–H groups in total.